The molecule has 0 aliphatic rings. The Hall–Kier alpha value is -4.18. The predicted octanol–water partition coefficient (Wildman–Crippen LogP) is 4.82. The molecule has 0 fully saturated rings. The number of amides is 1. The van der Waals surface area contributed by atoms with Gasteiger partial charge in [-0.25, -0.2) is 0 Å². The highest BCUT2D eigenvalue weighted by molar-refractivity contribution is 5.91. The van der Waals surface area contributed by atoms with Gasteiger partial charge in [0.15, 0.2) is 5.78 Å². The predicted molar refractivity (Wildman–Crippen MR) is 137 cm³/mol. The van der Waals surface area contributed by atoms with Crippen LogP contribution in [0.3, 0.4) is 0 Å². The summed E-state index contributed by atoms with van der Waals surface area (Å²) in [6.45, 7) is 7.18. The van der Waals surface area contributed by atoms with Crippen LogP contribution in [0.5, 0.6) is 0 Å². The zero-order valence-electron chi connectivity index (χ0n) is 21.0. The molecule has 186 valence electrons. The summed E-state index contributed by atoms with van der Waals surface area (Å²) in [5.74, 6) is -1.13. The van der Waals surface area contributed by atoms with Gasteiger partial charge in [0, 0.05) is 12.4 Å². The van der Waals surface area contributed by atoms with Crippen molar-refractivity contribution in [1.82, 2.24) is 9.88 Å². The van der Waals surface area contributed by atoms with Crippen LogP contribution < -0.4 is 5.32 Å². The lowest BCUT2D eigenvalue weighted by Crippen LogP contribution is -2.50. The summed E-state index contributed by atoms with van der Waals surface area (Å²) in [4.78, 5) is 38.4. The third-order valence-corrected chi connectivity index (χ3v) is 5.89. The van der Waals surface area contributed by atoms with Gasteiger partial charge in [0.05, 0.1) is 24.1 Å². The fraction of sp³-hybridized carbons (Fsp3) is 0.310. The Morgan fingerprint density at radius 2 is 1.67 bits per heavy atom. The molecule has 36 heavy (non-hydrogen) atoms. The zero-order valence-corrected chi connectivity index (χ0v) is 21.0. The van der Waals surface area contributed by atoms with Crippen molar-refractivity contribution in [3.05, 3.63) is 84.2 Å². The van der Waals surface area contributed by atoms with Crippen LogP contribution in [-0.4, -0.2) is 28.3 Å². The second-order valence-electron chi connectivity index (χ2n) is 9.82. The Bertz CT molecular complexity index is 1250. The van der Waals surface area contributed by atoms with E-state index < -0.39 is 29.4 Å². The highest BCUT2D eigenvalue weighted by Gasteiger charge is 2.33. The molecule has 0 saturated carbocycles. The van der Waals surface area contributed by atoms with Gasteiger partial charge in [0.2, 0.25) is 5.91 Å². The number of Topliss-reactive ketones (excluding diaryl/α,β-unsaturated/α-hetero) is 1. The van der Waals surface area contributed by atoms with Gasteiger partial charge in [-0.2, -0.15) is 5.26 Å². The van der Waals surface area contributed by atoms with Crippen LogP contribution in [0.25, 0.3) is 11.1 Å². The topological polar surface area (TPSA) is 101 Å². The van der Waals surface area contributed by atoms with Crippen molar-refractivity contribution in [2.75, 3.05) is 0 Å². The number of hydrogen-bond donors (Lipinski definition) is 1. The molecule has 0 aliphatic heterocycles. The molecular weight excluding hydrogens is 454 g/mol. The zero-order chi connectivity index (χ0) is 26.3. The summed E-state index contributed by atoms with van der Waals surface area (Å²) in [6, 6.07) is 18.7. The lowest BCUT2D eigenvalue weighted by atomic mass is 9.84. The number of carbonyl (C=O) groups excluding carboxylic acids is 3. The Kier molecular flexibility index (Phi) is 8.44. The molecule has 0 saturated heterocycles. The lowest BCUT2D eigenvalue weighted by molar-refractivity contribution is -0.148. The van der Waals surface area contributed by atoms with E-state index in [9.17, 15) is 14.4 Å². The smallest absolute Gasteiger partial charge is 0.308 e. The first-order chi connectivity index (χ1) is 17.1. The molecule has 1 amide bonds. The molecule has 7 nitrogen and oxygen atoms in total. The Labute approximate surface area is 211 Å². The molecule has 1 aromatic heterocycles. The van der Waals surface area contributed by atoms with Crippen LogP contribution in [0.4, 0.5) is 0 Å². The number of benzene rings is 2. The molecular formula is C29H31N3O4. The highest BCUT2D eigenvalue weighted by atomic mass is 16.5. The monoisotopic (exact) mass is 485 g/mol. The summed E-state index contributed by atoms with van der Waals surface area (Å²) in [5.41, 5.74) is 2.60. The SMILES string of the molecule is CC(=O)[C@@H](NC(=O)C(CC(=O)OCc1ccccc1)n1ccc(-c2ccc(C#N)cc2)c1)C(C)(C)C. The number of carbonyl (C=O) groups is 3. The Morgan fingerprint density at radius 3 is 2.25 bits per heavy atom. The van der Waals surface area contributed by atoms with Gasteiger partial charge in [-0.1, -0.05) is 63.2 Å². The van der Waals surface area contributed by atoms with Crippen LogP contribution in [0.1, 0.15) is 51.3 Å². The third-order valence-electron chi connectivity index (χ3n) is 5.89. The van der Waals surface area contributed by atoms with E-state index >= 15 is 0 Å². The highest BCUT2D eigenvalue weighted by Crippen LogP contribution is 2.26. The van der Waals surface area contributed by atoms with Crippen molar-refractivity contribution in [2.45, 2.75) is 52.8 Å². The first-order valence-electron chi connectivity index (χ1n) is 11.8. The number of hydrogen-bond acceptors (Lipinski definition) is 5. The van der Waals surface area contributed by atoms with E-state index in [1.54, 1.807) is 29.1 Å². The summed E-state index contributed by atoms with van der Waals surface area (Å²) >= 11 is 0. The van der Waals surface area contributed by atoms with Crippen molar-refractivity contribution in [3.63, 3.8) is 0 Å². The van der Waals surface area contributed by atoms with Crippen molar-refractivity contribution < 1.29 is 19.1 Å². The average molecular weight is 486 g/mol. The van der Waals surface area contributed by atoms with Crippen LogP contribution in [-0.2, 0) is 25.7 Å². The molecule has 1 N–H and O–H groups in total. The summed E-state index contributed by atoms with van der Waals surface area (Å²) in [5, 5.41) is 11.9. The fourth-order valence-corrected chi connectivity index (χ4v) is 3.97. The molecule has 0 radical (unpaired) electrons. The minimum Gasteiger partial charge on any atom is -0.461 e. The van der Waals surface area contributed by atoms with Crippen LogP contribution in [0.2, 0.25) is 0 Å². The number of ketones is 1. The maximum Gasteiger partial charge on any atom is 0.308 e. The van der Waals surface area contributed by atoms with Crippen molar-refractivity contribution in [1.29, 1.82) is 5.26 Å². The average Bonchev–Trinajstić information content (AvgIpc) is 3.34. The standard InChI is InChI=1S/C29H31N3O4/c1-20(33)27(29(2,3)4)31-28(35)25(16-26(34)36-19-22-8-6-5-7-9-22)32-15-14-24(18-32)23-12-10-21(17-30)11-13-23/h5-15,18,25,27H,16,19H2,1-4H3,(H,31,35)/t25?,27-/m1/s1. The van der Waals surface area contributed by atoms with E-state index in [2.05, 4.69) is 11.4 Å². The number of esters is 1. The number of ether oxygens (including phenoxy) is 1. The van der Waals surface area contributed by atoms with Gasteiger partial charge in [0.25, 0.3) is 0 Å². The van der Waals surface area contributed by atoms with E-state index in [1.807, 2.05) is 69.3 Å². The van der Waals surface area contributed by atoms with Gasteiger partial charge >= 0.3 is 5.97 Å². The van der Waals surface area contributed by atoms with Crippen LogP contribution in [0.15, 0.2) is 73.1 Å². The molecule has 3 aromatic rings. The van der Waals surface area contributed by atoms with Gasteiger partial charge in [-0.3, -0.25) is 14.4 Å². The van der Waals surface area contributed by atoms with Crippen LogP contribution in [0, 0.1) is 16.7 Å². The quantitative estimate of drug-likeness (QED) is 0.438. The second kappa shape index (κ2) is 11.5. The number of nitrogens with one attached hydrogen (secondary N) is 1. The normalized spacial score (nSPS) is 12.8. The van der Waals surface area contributed by atoms with E-state index in [4.69, 9.17) is 10.00 Å². The molecule has 0 aliphatic carbocycles. The van der Waals surface area contributed by atoms with Crippen molar-refractivity contribution >= 4 is 17.7 Å². The summed E-state index contributed by atoms with van der Waals surface area (Å²) in [7, 11) is 0. The largest absolute Gasteiger partial charge is 0.461 e. The summed E-state index contributed by atoms with van der Waals surface area (Å²) in [6.07, 6.45) is 3.30. The molecule has 3 rings (SSSR count). The number of nitriles is 1. The molecule has 1 heterocycles. The van der Waals surface area contributed by atoms with E-state index in [0.717, 1.165) is 16.7 Å². The molecule has 0 spiro atoms. The Balaban J connectivity index is 1.84. The fourth-order valence-electron chi connectivity index (χ4n) is 3.97. The molecule has 2 atom stereocenters. The first-order valence-corrected chi connectivity index (χ1v) is 11.8. The summed E-state index contributed by atoms with van der Waals surface area (Å²) < 4.78 is 7.10. The van der Waals surface area contributed by atoms with Gasteiger partial charge in [0.1, 0.15) is 12.6 Å². The third kappa shape index (κ3) is 6.92. The van der Waals surface area contributed by atoms with E-state index in [1.165, 1.54) is 6.92 Å². The molecule has 7 heteroatoms. The number of nitrogens with zero attached hydrogens (tertiary/aromatic N) is 2. The van der Waals surface area contributed by atoms with Gasteiger partial charge < -0.3 is 14.6 Å². The molecule has 2 aromatic carbocycles. The van der Waals surface area contributed by atoms with E-state index in [0.29, 0.717) is 5.56 Å². The lowest BCUT2D eigenvalue weighted by Gasteiger charge is -2.31. The molecule has 0 bridgehead atoms. The van der Waals surface area contributed by atoms with Crippen molar-refractivity contribution in [2.24, 2.45) is 5.41 Å². The second-order valence-corrected chi connectivity index (χ2v) is 9.82. The Morgan fingerprint density at radius 1 is 1.00 bits per heavy atom. The minimum absolute atomic E-state index is 0.105. The maximum atomic E-state index is 13.4. The van der Waals surface area contributed by atoms with Crippen LogP contribution >= 0.6 is 0 Å². The van der Waals surface area contributed by atoms with Gasteiger partial charge in [-0.15, -0.1) is 0 Å². The maximum absolute atomic E-state index is 13.4. The first kappa shape index (κ1) is 26.4. The number of aromatic nitrogens is 1. The van der Waals surface area contributed by atoms with Crippen molar-refractivity contribution in [3.8, 4) is 17.2 Å². The minimum atomic E-state index is -0.912. The molecule has 1 unspecified atom stereocenters. The number of rotatable bonds is 9. The van der Waals surface area contributed by atoms with Gasteiger partial charge in [-0.05, 0) is 47.2 Å². The van der Waals surface area contributed by atoms with E-state index in [-0.39, 0.29) is 18.8 Å².